The molecule has 4 nitrogen and oxygen atoms in total. The molecule has 0 amide bonds. The molecule has 4 aliphatic heterocycles. The fraction of sp³-hybridized carbons (Fsp3) is 1.00. The molecule has 0 spiro atoms. The van der Waals surface area contributed by atoms with Crippen LogP contribution in [0, 0.1) is 0 Å². The summed E-state index contributed by atoms with van der Waals surface area (Å²) in [5, 5.41) is 0. The average molecular weight is 420 g/mol. The Labute approximate surface area is 187 Å². The lowest BCUT2D eigenvalue weighted by Gasteiger charge is -2.54. The number of nitrogens with zero attached hydrogens (tertiary/aromatic N) is 4. The van der Waals surface area contributed by atoms with Gasteiger partial charge in [0, 0.05) is 32.7 Å². The third kappa shape index (κ3) is 5.42. The molecule has 0 radical (unpaired) electrons. The minimum absolute atomic E-state index is 0.752. The van der Waals surface area contributed by atoms with Gasteiger partial charge in [-0.25, -0.2) is 4.90 Å². The van der Waals surface area contributed by atoms with Gasteiger partial charge >= 0.3 is 0 Å². The molecule has 0 aliphatic carbocycles. The number of hydrogen-bond acceptors (Lipinski definition) is 3. The van der Waals surface area contributed by atoms with E-state index in [2.05, 4.69) is 21.6 Å². The second kappa shape index (κ2) is 11.6. The van der Waals surface area contributed by atoms with Crippen molar-refractivity contribution in [2.24, 2.45) is 0 Å². The molecule has 174 valence electrons. The lowest BCUT2D eigenvalue weighted by Crippen LogP contribution is -2.73. The monoisotopic (exact) mass is 419 g/mol. The van der Waals surface area contributed by atoms with E-state index in [1.54, 1.807) is 0 Å². The first-order valence-electron chi connectivity index (χ1n) is 13.9. The molecule has 0 saturated carbocycles. The van der Waals surface area contributed by atoms with Crippen molar-refractivity contribution in [1.82, 2.24) is 14.7 Å². The Morgan fingerprint density at radius 1 is 0.533 bits per heavy atom. The highest BCUT2D eigenvalue weighted by atomic mass is 15.6. The van der Waals surface area contributed by atoms with Gasteiger partial charge in [0.05, 0.1) is 26.2 Å². The van der Waals surface area contributed by atoms with Crippen LogP contribution in [0.3, 0.4) is 0 Å². The van der Waals surface area contributed by atoms with Gasteiger partial charge in [0.1, 0.15) is 6.17 Å². The largest absolute Gasteiger partial charge is 0.304 e. The van der Waals surface area contributed by atoms with Crippen LogP contribution in [-0.4, -0.2) is 90.4 Å². The molecule has 0 N–H and O–H groups in total. The zero-order valence-corrected chi connectivity index (χ0v) is 20.2. The highest BCUT2D eigenvalue weighted by molar-refractivity contribution is 4.97. The van der Waals surface area contributed by atoms with Crippen LogP contribution in [0.25, 0.3) is 0 Å². The van der Waals surface area contributed by atoms with Crippen LogP contribution in [0.2, 0.25) is 0 Å². The van der Waals surface area contributed by atoms with Gasteiger partial charge in [0.15, 0.2) is 6.17 Å². The molecular formula is C26H51N4+. The molecule has 3 atom stereocenters. The minimum atomic E-state index is 0.752. The maximum atomic E-state index is 2.86. The number of quaternary nitrogens is 1. The molecule has 3 unspecified atom stereocenters. The molecule has 4 saturated heterocycles. The number of hydrogen-bond donors (Lipinski definition) is 0. The van der Waals surface area contributed by atoms with Crippen molar-refractivity contribution < 1.29 is 4.48 Å². The standard InChI is InChI=1S/C26H51N4/c1-2-3-4-5-6-7-8-9-10-11-12-13-14-15-22-30-23-20-28-17-16-27-18-19-29(21-24-30)26(30)25(27)28/h25-26H,2-24H2,1H3/q+1. The molecule has 30 heavy (non-hydrogen) atoms. The zero-order valence-electron chi connectivity index (χ0n) is 20.2. The van der Waals surface area contributed by atoms with Crippen molar-refractivity contribution in [1.29, 1.82) is 0 Å². The van der Waals surface area contributed by atoms with Crippen molar-refractivity contribution in [2.75, 3.05) is 58.9 Å². The topological polar surface area (TPSA) is 9.72 Å². The minimum Gasteiger partial charge on any atom is -0.304 e. The normalized spacial score (nSPS) is 31.5. The van der Waals surface area contributed by atoms with E-state index in [9.17, 15) is 0 Å². The van der Waals surface area contributed by atoms with Crippen LogP contribution in [0.5, 0.6) is 0 Å². The lowest BCUT2D eigenvalue weighted by atomic mass is 10.0. The second-order valence-corrected chi connectivity index (χ2v) is 10.9. The van der Waals surface area contributed by atoms with Gasteiger partial charge in [-0.1, -0.05) is 84.0 Å². The Morgan fingerprint density at radius 3 is 1.53 bits per heavy atom. The average Bonchev–Trinajstić information content (AvgIpc) is 3.35. The SMILES string of the molecule is CCCCCCCCCCCCCCCC[N+]12CCN3CCN4CCN(CC1)C2C43. The summed E-state index contributed by atoms with van der Waals surface area (Å²) < 4.78 is 1.44. The van der Waals surface area contributed by atoms with Crippen molar-refractivity contribution in [3.63, 3.8) is 0 Å². The van der Waals surface area contributed by atoms with Crippen LogP contribution < -0.4 is 0 Å². The fourth-order valence-corrected chi connectivity index (χ4v) is 7.08. The van der Waals surface area contributed by atoms with Gasteiger partial charge in [0.25, 0.3) is 0 Å². The lowest BCUT2D eigenvalue weighted by molar-refractivity contribution is -0.954. The molecule has 4 fully saturated rings. The molecule has 4 heterocycles. The Hall–Kier alpha value is -0.160. The van der Waals surface area contributed by atoms with Gasteiger partial charge in [-0.3, -0.25) is 9.80 Å². The predicted molar refractivity (Wildman–Crippen MR) is 127 cm³/mol. The van der Waals surface area contributed by atoms with Gasteiger partial charge < -0.3 is 4.48 Å². The van der Waals surface area contributed by atoms with Crippen molar-refractivity contribution in [3.05, 3.63) is 0 Å². The van der Waals surface area contributed by atoms with E-state index in [-0.39, 0.29) is 0 Å². The first-order valence-corrected chi connectivity index (χ1v) is 13.9. The highest BCUT2D eigenvalue weighted by Gasteiger charge is 2.59. The number of unbranched alkanes of at least 4 members (excludes halogenated alkanes) is 13. The molecule has 4 aliphatic rings. The number of piperazine rings is 2. The summed E-state index contributed by atoms with van der Waals surface area (Å²) in [6, 6.07) is 0. The summed E-state index contributed by atoms with van der Waals surface area (Å²) in [5.74, 6) is 0. The second-order valence-electron chi connectivity index (χ2n) is 10.9. The summed E-state index contributed by atoms with van der Waals surface area (Å²) in [6.07, 6.45) is 22.1. The van der Waals surface area contributed by atoms with E-state index in [0.29, 0.717) is 0 Å². The molecule has 4 heteroatoms. The van der Waals surface area contributed by atoms with Crippen LogP contribution in [0.15, 0.2) is 0 Å². The molecule has 0 aromatic heterocycles. The Kier molecular flexibility index (Phi) is 8.92. The summed E-state index contributed by atoms with van der Waals surface area (Å²) in [4.78, 5) is 8.48. The molecular weight excluding hydrogens is 368 g/mol. The zero-order chi connectivity index (χ0) is 20.7. The quantitative estimate of drug-likeness (QED) is 0.276. The summed E-state index contributed by atoms with van der Waals surface area (Å²) >= 11 is 0. The van der Waals surface area contributed by atoms with Crippen LogP contribution in [-0.2, 0) is 0 Å². The van der Waals surface area contributed by atoms with Gasteiger partial charge in [0.2, 0.25) is 0 Å². The number of rotatable bonds is 15. The summed E-state index contributed by atoms with van der Waals surface area (Å²) in [5.41, 5.74) is 0. The first kappa shape index (κ1) is 23.0. The Bertz CT molecular complexity index is 491. The van der Waals surface area contributed by atoms with Crippen LogP contribution in [0.4, 0.5) is 0 Å². The van der Waals surface area contributed by atoms with Gasteiger partial charge in [-0.05, 0) is 12.8 Å². The first-order chi connectivity index (χ1) is 14.8. The van der Waals surface area contributed by atoms with Gasteiger partial charge in [-0.15, -0.1) is 0 Å². The van der Waals surface area contributed by atoms with E-state index in [4.69, 9.17) is 0 Å². The Morgan fingerprint density at radius 2 is 0.967 bits per heavy atom. The molecule has 0 aromatic carbocycles. The Balaban J connectivity index is 1.04. The predicted octanol–water partition coefficient (Wildman–Crippen LogP) is 4.90. The van der Waals surface area contributed by atoms with Crippen LogP contribution >= 0.6 is 0 Å². The third-order valence-electron chi connectivity index (χ3n) is 8.92. The maximum Gasteiger partial charge on any atom is 0.175 e. The summed E-state index contributed by atoms with van der Waals surface area (Å²) in [7, 11) is 0. The smallest absolute Gasteiger partial charge is 0.175 e. The molecule has 0 bridgehead atoms. The third-order valence-corrected chi connectivity index (χ3v) is 8.92. The van der Waals surface area contributed by atoms with Crippen molar-refractivity contribution >= 4 is 0 Å². The summed E-state index contributed by atoms with van der Waals surface area (Å²) in [6.45, 7) is 14.6. The highest BCUT2D eigenvalue weighted by Crippen LogP contribution is 2.39. The maximum absolute atomic E-state index is 2.86. The van der Waals surface area contributed by atoms with E-state index >= 15 is 0 Å². The van der Waals surface area contributed by atoms with Crippen molar-refractivity contribution in [3.8, 4) is 0 Å². The fourth-order valence-electron chi connectivity index (χ4n) is 7.08. The van der Waals surface area contributed by atoms with E-state index in [0.717, 1.165) is 12.3 Å². The molecule has 4 rings (SSSR count). The van der Waals surface area contributed by atoms with Gasteiger partial charge in [-0.2, -0.15) is 0 Å². The van der Waals surface area contributed by atoms with E-state index < -0.39 is 0 Å². The van der Waals surface area contributed by atoms with E-state index in [1.165, 1.54) is 153 Å². The van der Waals surface area contributed by atoms with Crippen molar-refractivity contribution in [2.45, 2.75) is 109 Å². The van der Waals surface area contributed by atoms with Crippen LogP contribution in [0.1, 0.15) is 96.8 Å². The van der Waals surface area contributed by atoms with E-state index in [1.807, 2.05) is 0 Å². The molecule has 0 aromatic rings.